The standard InChI is InChI=1S/C22H16N2O6S.Na/c1-11(25)12-6-8-13(9-7-12)24-16-10-17(31(28,29)30)20(23)19-18(16)21(26)14-4-2-3-5-15(14)22(19)27;/h2-10,24H,23H2,1H3,(H,28,29,30);/q;+1/p-1. The zero-order chi connectivity index (χ0) is 22.5. The van der Waals surface area contributed by atoms with Gasteiger partial charge in [-0.1, -0.05) is 24.3 Å². The summed E-state index contributed by atoms with van der Waals surface area (Å²) in [6.45, 7) is 1.41. The average Bonchev–Trinajstić information content (AvgIpc) is 2.72. The number of carbonyl (C=O) groups is 3. The summed E-state index contributed by atoms with van der Waals surface area (Å²) < 4.78 is 35.4. The first-order chi connectivity index (χ1) is 14.6. The maximum Gasteiger partial charge on any atom is 1.00 e. The molecule has 0 heterocycles. The van der Waals surface area contributed by atoms with Crippen molar-refractivity contribution in [2.75, 3.05) is 11.1 Å². The first-order valence-corrected chi connectivity index (χ1v) is 10.5. The zero-order valence-electron chi connectivity index (χ0n) is 17.1. The van der Waals surface area contributed by atoms with Crippen LogP contribution >= 0.6 is 0 Å². The van der Waals surface area contributed by atoms with Crippen molar-refractivity contribution in [2.24, 2.45) is 0 Å². The molecule has 0 saturated carbocycles. The van der Waals surface area contributed by atoms with Crippen molar-refractivity contribution < 1.29 is 56.9 Å². The molecule has 0 saturated heterocycles. The number of rotatable bonds is 4. The molecule has 0 aliphatic heterocycles. The van der Waals surface area contributed by atoms with E-state index in [2.05, 4.69) is 5.32 Å². The van der Waals surface area contributed by atoms with Gasteiger partial charge in [0.15, 0.2) is 17.3 Å². The molecule has 0 amide bonds. The molecular formula is C22H15N2NaO6S. The number of benzene rings is 3. The second-order valence-corrected chi connectivity index (χ2v) is 8.35. The number of nitrogen functional groups attached to an aromatic ring is 1. The molecular weight excluding hydrogens is 443 g/mol. The molecule has 10 heteroatoms. The predicted octanol–water partition coefficient (Wildman–Crippen LogP) is -0.101. The van der Waals surface area contributed by atoms with Crippen LogP contribution in [0.1, 0.15) is 49.1 Å². The van der Waals surface area contributed by atoms with Gasteiger partial charge in [-0.15, -0.1) is 0 Å². The number of Topliss-reactive ketones (excluding diaryl/α,β-unsaturated/α-hetero) is 1. The Labute approximate surface area is 205 Å². The minimum Gasteiger partial charge on any atom is -0.744 e. The molecule has 0 radical (unpaired) electrons. The van der Waals surface area contributed by atoms with Gasteiger partial charge in [-0.3, -0.25) is 14.4 Å². The van der Waals surface area contributed by atoms with Crippen LogP contribution in [-0.2, 0) is 10.1 Å². The Hall–Kier alpha value is -2.82. The monoisotopic (exact) mass is 458 g/mol. The molecule has 0 spiro atoms. The predicted molar refractivity (Wildman–Crippen MR) is 112 cm³/mol. The van der Waals surface area contributed by atoms with E-state index in [1.54, 1.807) is 36.4 Å². The van der Waals surface area contributed by atoms with E-state index in [0.29, 0.717) is 11.3 Å². The summed E-state index contributed by atoms with van der Waals surface area (Å²) >= 11 is 0. The first-order valence-electron chi connectivity index (χ1n) is 9.08. The summed E-state index contributed by atoms with van der Waals surface area (Å²) in [6, 6.07) is 13.2. The zero-order valence-corrected chi connectivity index (χ0v) is 19.9. The van der Waals surface area contributed by atoms with E-state index in [-0.39, 0.29) is 63.3 Å². The van der Waals surface area contributed by atoms with E-state index in [4.69, 9.17) is 5.73 Å². The van der Waals surface area contributed by atoms with Gasteiger partial charge in [0.25, 0.3) is 0 Å². The first kappa shape index (κ1) is 23.8. The van der Waals surface area contributed by atoms with Crippen molar-refractivity contribution in [1.29, 1.82) is 0 Å². The van der Waals surface area contributed by atoms with Crippen LogP contribution in [0.2, 0.25) is 0 Å². The Morgan fingerprint density at radius 2 is 1.47 bits per heavy atom. The van der Waals surface area contributed by atoms with E-state index >= 15 is 0 Å². The van der Waals surface area contributed by atoms with Crippen molar-refractivity contribution in [3.05, 3.63) is 82.4 Å². The summed E-state index contributed by atoms with van der Waals surface area (Å²) in [6.07, 6.45) is 0. The summed E-state index contributed by atoms with van der Waals surface area (Å²) in [5.74, 6) is -1.33. The van der Waals surface area contributed by atoms with Gasteiger partial charge in [-0.25, -0.2) is 8.42 Å². The summed E-state index contributed by atoms with van der Waals surface area (Å²) in [7, 11) is -5.04. The molecule has 3 N–H and O–H groups in total. The number of nitrogens with two attached hydrogens (primary N) is 1. The number of nitrogens with one attached hydrogen (secondary N) is 1. The normalized spacial score (nSPS) is 12.4. The van der Waals surface area contributed by atoms with Crippen LogP contribution in [0, 0.1) is 0 Å². The van der Waals surface area contributed by atoms with Crippen LogP contribution in [0.25, 0.3) is 0 Å². The largest absolute Gasteiger partial charge is 1.00 e. The molecule has 0 atom stereocenters. The maximum absolute atomic E-state index is 13.2. The summed E-state index contributed by atoms with van der Waals surface area (Å²) in [4.78, 5) is 37.0. The van der Waals surface area contributed by atoms with Crippen LogP contribution in [0.4, 0.5) is 17.1 Å². The van der Waals surface area contributed by atoms with Gasteiger partial charge in [-0.2, -0.15) is 0 Å². The molecule has 3 aromatic carbocycles. The van der Waals surface area contributed by atoms with Gasteiger partial charge in [0.2, 0.25) is 0 Å². The quantitative estimate of drug-likeness (QED) is 0.187. The van der Waals surface area contributed by atoms with Crippen LogP contribution in [0.15, 0.2) is 59.5 Å². The molecule has 0 aromatic heterocycles. The molecule has 4 rings (SSSR count). The molecule has 1 aliphatic rings. The third kappa shape index (κ3) is 4.01. The van der Waals surface area contributed by atoms with Crippen LogP contribution < -0.4 is 40.6 Å². The molecule has 3 aromatic rings. The van der Waals surface area contributed by atoms with E-state index in [9.17, 15) is 27.4 Å². The van der Waals surface area contributed by atoms with Crippen molar-refractivity contribution in [2.45, 2.75) is 11.8 Å². The Morgan fingerprint density at radius 3 is 1.97 bits per heavy atom. The van der Waals surface area contributed by atoms with E-state index in [0.717, 1.165) is 6.07 Å². The molecule has 8 nitrogen and oxygen atoms in total. The van der Waals surface area contributed by atoms with Crippen LogP contribution in [0.5, 0.6) is 0 Å². The minimum absolute atomic E-state index is 0. The topological polar surface area (TPSA) is 146 Å². The summed E-state index contributed by atoms with van der Waals surface area (Å²) in [5, 5.41) is 2.88. The number of fused-ring (bicyclic) bond motifs is 2. The van der Waals surface area contributed by atoms with Gasteiger partial charge in [0.05, 0.1) is 27.4 Å². The van der Waals surface area contributed by atoms with E-state index < -0.39 is 32.3 Å². The number of hydrogen-bond acceptors (Lipinski definition) is 8. The maximum atomic E-state index is 13.2. The van der Waals surface area contributed by atoms with Gasteiger partial charge in [-0.05, 0) is 37.3 Å². The fraction of sp³-hybridized carbons (Fsp3) is 0.0455. The third-order valence-corrected chi connectivity index (χ3v) is 5.92. The molecule has 1 aliphatic carbocycles. The van der Waals surface area contributed by atoms with Gasteiger partial charge in [0.1, 0.15) is 10.1 Å². The minimum atomic E-state index is -5.04. The molecule has 32 heavy (non-hydrogen) atoms. The van der Waals surface area contributed by atoms with E-state index in [1.165, 1.54) is 19.1 Å². The van der Waals surface area contributed by atoms with Crippen LogP contribution in [-0.4, -0.2) is 30.3 Å². The number of anilines is 3. The Kier molecular flexibility index (Phi) is 6.41. The van der Waals surface area contributed by atoms with Gasteiger partial charge >= 0.3 is 29.6 Å². The average molecular weight is 458 g/mol. The second kappa shape index (κ2) is 8.61. The van der Waals surface area contributed by atoms with Crippen molar-refractivity contribution in [1.82, 2.24) is 0 Å². The fourth-order valence-electron chi connectivity index (χ4n) is 3.54. The second-order valence-electron chi connectivity index (χ2n) is 7.00. The van der Waals surface area contributed by atoms with E-state index in [1.807, 2.05) is 0 Å². The third-order valence-electron chi connectivity index (χ3n) is 5.04. The molecule has 156 valence electrons. The van der Waals surface area contributed by atoms with Gasteiger partial charge in [0, 0.05) is 22.4 Å². The molecule has 0 bridgehead atoms. The smallest absolute Gasteiger partial charge is 0.744 e. The fourth-order valence-corrected chi connectivity index (χ4v) is 4.18. The summed E-state index contributed by atoms with van der Waals surface area (Å²) in [5.41, 5.74) is 5.91. The number of ketones is 3. The van der Waals surface area contributed by atoms with Crippen molar-refractivity contribution in [3.63, 3.8) is 0 Å². The SMILES string of the molecule is CC(=O)c1ccc(Nc2cc(S(=O)(=O)[O-])c(N)c3c2C(=O)c2ccccc2C3=O)cc1.[Na+]. The van der Waals surface area contributed by atoms with Crippen molar-refractivity contribution >= 4 is 44.5 Å². The van der Waals surface area contributed by atoms with Crippen LogP contribution in [0.3, 0.4) is 0 Å². The molecule has 0 unspecified atom stereocenters. The molecule has 0 fully saturated rings. The Morgan fingerprint density at radius 1 is 0.938 bits per heavy atom. The van der Waals surface area contributed by atoms with Crippen molar-refractivity contribution in [3.8, 4) is 0 Å². The number of carbonyl (C=O) groups excluding carboxylic acids is 3. The van der Waals surface area contributed by atoms with Gasteiger partial charge < -0.3 is 15.6 Å². The Bertz CT molecular complexity index is 1400. The number of hydrogen-bond donors (Lipinski definition) is 2. The Balaban J connectivity index is 0.00000289.